The quantitative estimate of drug-likeness (QED) is 0.397. The van der Waals surface area contributed by atoms with E-state index in [0.717, 1.165) is 25.7 Å². The molecule has 2 aliphatic heterocycles. The van der Waals surface area contributed by atoms with Crippen LogP contribution in [0.1, 0.15) is 108 Å². The van der Waals surface area contributed by atoms with Crippen molar-refractivity contribution in [3.05, 3.63) is 0 Å². The Kier molecular flexibility index (Phi) is 7.78. The number of nitrogens with zero attached hydrogens (tertiary/aromatic N) is 2. The summed E-state index contributed by atoms with van der Waals surface area (Å²) in [6.45, 7) is 21.2. The van der Waals surface area contributed by atoms with E-state index in [1.807, 2.05) is 13.8 Å². The molecule has 0 aromatic heterocycles. The Hall–Kier alpha value is -1.14. The number of carbonyl (C=O) groups is 2. The number of ether oxygens (including phenoxy) is 2. The van der Waals surface area contributed by atoms with Gasteiger partial charge in [-0.15, -0.1) is 0 Å². The highest BCUT2D eigenvalue weighted by molar-refractivity contribution is 6.00. The van der Waals surface area contributed by atoms with Gasteiger partial charge in [-0.2, -0.15) is 0 Å². The molecule has 0 atom stereocenters. The predicted octanol–water partition coefficient (Wildman–Crippen LogP) is 5.18. The zero-order chi connectivity index (χ0) is 25.6. The number of esters is 2. The molecule has 2 saturated heterocycles. The minimum atomic E-state index is -1.25. The third-order valence-electron chi connectivity index (χ3n) is 9.08. The number of piperidine rings is 2. The number of rotatable bonds is 6. The molecule has 0 bridgehead atoms. The lowest BCUT2D eigenvalue weighted by Gasteiger charge is -2.53. The molecule has 0 aromatic rings. The molecule has 0 aromatic carbocycles. The van der Waals surface area contributed by atoms with Gasteiger partial charge in [0.1, 0.15) is 12.2 Å². The van der Waals surface area contributed by atoms with Gasteiger partial charge in [0, 0.05) is 47.8 Å². The zero-order valence-electron chi connectivity index (χ0n) is 23.4. The van der Waals surface area contributed by atoms with Gasteiger partial charge in [0.05, 0.1) is 0 Å². The first-order valence-electron chi connectivity index (χ1n) is 12.7. The highest BCUT2D eigenvalue weighted by Gasteiger charge is 2.52. The Labute approximate surface area is 202 Å². The van der Waals surface area contributed by atoms with Crippen molar-refractivity contribution in [1.82, 2.24) is 9.80 Å². The number of likely N-dealkylation sites (tertiary alicyclic amines) is 2. The smallest absolute Gasteiger partial charge is 0.323 e. The predicted molar refractivity (Wildman–Crippen MR) is 133 cm³/mol. The second-order valence-corrected chi connectivity index (χ2v) is 13.0. The molecule has 0 aliphatic carbocycles. The summed E-state index contributed by atoms with van der Waals surface area (Å²) in [7, 11) is 4.25. The van der Waals surface area contributed by atoms with Crippen molar-refractivity contribution in [3.63, 3.8) is 0 Å². The van der Waals surface area contributed by atoms with Gasteiger partial charge in [0.2, 0.25) is 0 Å². The van der Waals surface area contributed by atoms with Gasteiger partial charge in [-0.25, -0.2) is 0 Å². The monoisotopic (exact) mass is 466 g/mol. The molecule has 0 N–H and O–H groups in total. The topological polar surface area (TPSA) is 59.1 Å². The maximum Gasteiger partial charge on any atom is 0.323 e. The fourth-order valence-electron chi connectivity index (χ4n) is 6.17. The Morgan fingerprint density at radius 1 is 0.667 bits per heavy atom. The van der Waals surface area contributed by atoms with E-state index in [1.54, 1.807) is 0 Å². The molecule has 2 rings (SSSR count). The van der Waals surface area contributed by atoms with E-state index in [4.69, 9.17) is 9.47 Å². The Morgan fingerprint density at radius 3 is 1.12 bits per heavy atom. The molecule has 192 valence electrons. The SMILES string of the molecule is CCC(CC)(C(=O)OC1CC(C)(C)N(C)C(C)(C)C1)C(=O)OC1CC(C)(C)N(C)C(C)(C)C1. The summed E-state index contributed by atoms with van der Waals surface area (Å²) in [4.78, 5) is 31.8. The van der Waals surface area contributed by atoms with Crippen LogP contribution in [0.5, 0.6) is 0 Å². The molecule has 0 radical (unpaired) electrons. The number of hydrogen-bond donors (Lipinski definition) is 0. The maximum atomic E-state index is 13.5. The molecule has 2 aliphatic rings. The Balaban J connectivity index is 2.20. The molecule has 2 fully saturated rings. The number of hydrogen-bond acceptors (Lipinski definition) is 6. The van der Waals surface area contributed by atoms with Crippen LogP contribution in [0.3, 0.4) is 0 Å². The molecule has 33 heavy (non-hydrogen) atoms. The standard InChI is InChI=1S/C27H50N2O4/c1-13-27(14-2,21(30)32-19-15-23(3,4)28(11)24(5,6)16-19)22(31)33-20-17-25(7,8)29(12)26(9,10)18-20/h19-20H,13-18H2,1-12H3. The van der Waals surface area contributed by atoms with E-state index in [1.165, 1.54) is 0 Å². The summed E-state index contributed by atoms with van der Waals surface area (Å²) < 4.78 is 12.2. The van der Waals surface area contributed by atoms with Crippen molar-refractivity contribution < 1.29 is 19.1 Å². The lowest BCUT2D eigenvalue weighted by molar-refractivity contribution is -0.188. The van der Waals surface area contributed by atoms with Crippen molar-refractivity contribution in [2.45, 2.75) is 142 Å². The second-order valence-electron chi connectivity index (χ2n) is 13.0. The maximum absolute atomic E-state index is 13.5. The minimum absolute atomic E-state index is 0.0976. The van der Waals surface area contributed by atoms with Crippen molar-refractivity contribution in [2.75, 3.05) is 14.1 Å². The summed E-state index contributed by atoms with van der Waals surface area (Å²) in [5, 5.41) is 0. The van der Waals surface area contributed by atoms with Crippen molar-refractivity contribution >= 4 is 11.9 Å². The highest BCUT2D eigenvalue weighted by atomic mass is 16.6. The molecule has 6 heteroatoms. The molecule has 6 nitrogen and oxygen atoms in total. The summed E-state index contributed by atoms with van der Waals surface area (Å²) in [6, 6.07) is 0. The van der Waals surface area contributed by atoms with Crippen LogP contribution in [0.4, 0.5) is 0 Å². The molecule has 0 unspecified atom stereocenters. The third kappa shape index (κ3) is 5.42. The fraction of sp³-hybridized carbons (Fsp3) is 0.926. The van der Waals surface area contributed by atoms with Crippen LogP contribution >= 0.6 is 0 Å². The van der Waals surface area contributed by atoms with Crippen LogP contribution in [-0.4, -0.2) is 70.2 Å². The first kappa shape index (κ1) is 28.1. The van der Waals surface area contributed by atoms with E-state index < -0.39 is 17.4 Å². The van der Waals surface area contributed by atoms with Gasteiger partial charge in [-0.05, 0) is 82.3 Å². The Morgan fingerprint density at radius 2 is 0.909 bits per heavy atom. The molecular formula is C27H50N2O4. The number of carbonyl (C=O) groups excluding carboxylic acids is 2. The molecule has 0 spiro atoms. The lowest BCUT2D eigenvalue weighted by atomic mass is 9.77. The van der Waals surface area contributed by atoms with Gasteiger partial charge in [0.25, 0.3) is 0 Å². The van der Waals surface area contributed by atoms with Crippen LogP contribution in [-0.2, 0) is 19.1 Å². The third-order valence-corrected chi connectivity index (χ3v) is 9.08. The largest absolute Gasteiger partial charge is 0.461 e. The van der Waals surface area contributed by atoms with E-state index in [-0.39, 0.29) is 34.4 Å². The van der Waals surface area contributed by atoms with Gasteiger partial charge < -0.3 is 9.47 Å². The first-order chi connectivity index (χ1) is 14.8. The van der Waals surface area contributed by atoms with Crippen LogP contribution in [0.15, 0.2) is 0 Å². The lowest BCUT2D eigenvalue weighted by Crippen LogP contribution is -2.61. The first-order valence-corrected chi connectivity index (χ1v) is 12.7. The van der Waals surface area contributed by atoms with Crippen LogP contribution in [0.2, 0.25) is 0 Å². The Bertz CT molecular complexity index is 642. The summed E-state index contributed by atoms with van der Waals surface area (Å²) in [5.74, 6) is -0.852. The van der Waals surface area contributed by atoms with E-state index in [2.05, 4.69) is 79.3 Å². The molecular weight excluding hydrogens is 416 g/mol. The highest BCUT2D eigenvalue weighted by Crippen LogP contribution is 2.42. The minimum Gasteiger partial charge on any atom is -0.461 e. The van der Waals surface area contributed by atoms with E-state index in [0.29, 0.717) is 12.8 Å². The van der Waals surface area contributed by atoms with Crippen molar-refractivity contribution in [1.29, 1.82) is 0 Å². The van der Waals surface area contributed by atoms with Gasteiger partial charge in [-0.1, -0.05) is 13.8 Å². The van der Waals surface area contributed by atoms with Crippen molar-refractivity contribution in [3.8, 4) is 0 Å². The molecule has 0 saturated carbocycles. The average molecular weight is 467 g/mol. The summed E-state index contributed by atoms with van der Waals surface area (Å²) >= 11 is 0. The van der Waals surface area contributed by atoms with Gasteiger partial charge in [-0.3, -0.25) is 19.4 Å². The van der Waals surface area contributed by atoms with Crippen LogP contribution < -0.4 is 0 Å². The summed E-state index contributed by atoms with van der Waals surface area (Å²) in [5.41, 5.74) is -1.65. The second kappa shape index (κ2) is 9.14. The van der Waals surface area contributed by atoms with Crippen molar-refractivity contribution in [2.24, 2.45) is 5.41 Å². The fourth-order valence-corrected chi connectivity index (χ4v) is 6.17. The molecule has 2 heterocycles. The zero-order valence-corrected chi connectivity index (χ0v) is 23.4. The van der Waals surface area contributed by atoms with Gasteiger partial charge in [0.15, 0.2) is 5.41 Å². The van der Waals surface area contributed by atoms with Crippen LogP contribution in [0, 0.1) is 5.41 Å². The molecule has 0 amide bonds. The average Bonchev–Trinajstić information content (AvgIpc) is 2.64. The van der Waals surface area contributed by atoms with Gasteiger partial charge >= 0.3 is 11.9 Å². The van der Waals surface area contributed by atoms with E-state index >= 15 is 0 Å². The van der Waals surface area contributed by atoms with E-state index in [9.17, 15) is 9.59 Å². The van der Waals surface area contributed by atoms with Crippen LogP contribution in [0.25, 0.3) is 0 Å². The normalized spacial score (nSPS) is 26.1. The summed E-state index contributed by atoms with van der Waals surface area (Å²) in [6.07, 6.45) is 3.29.